The average Bonchev–Trinajstić information content (AvgIpc) is 3.62. The van der Waals surface area contributed by atoms with Crippen LogP contribution in [0.25, 0.3) is 5.57 Å². The molecule has 0 N–H and O–H groups in total. The van der Waals surface area contributed by atoms with Crippen molar-refractivity contribution in [1.82, 2.24) is 4.90 Å². The molecule has 7 nitrogen and oxygen atoms in total. The number of ether oxygens (including phenoxy) is 1. The van der Waals surface area contributed by atoms with Gasteiger partial charge in [0.15, 0.2) is 0 Å². The van der Waals surface area contributed by atoms with Crippen molar-refractivity contribution in [2.75, 3.05) is 18.6 Å². The van der Waals surface area contributed by atoms with Gasteiger partial charge in [-0.1, -0.05) is 39.7 Å². The molecule has 4 aliphatic rings. The number of nitrogens with zero attached hydrogens (tertiary/aromatic N) is 2. The number of carbonyl (C=O) groups excluding carboxylic acids is 4. The third-order valence-corrected chi connectivity index (χ3v) is 12.1. The molecule has 3 aliphatic carbocycles. The highest BCUT2D eigenvalue weighted by Gasteiger charge is 2.49. The summed E-state index contributed by atoms with van der Waals surface area (Å²) in [6.07, 6.45) is 16.8. The molecule has 2 saturated carbocycles. The summed E-state index contributed by atoms with van der Waals surface area (Å²) in [5.41, 5.74) is 1.72. The molecule has 1 saturated heterocycles. The summed E-state index contributed by atoms with van der Waals surface area (Å²) in [6.45, 7) is 6.90. The Hall–Kier alpha value is -2.48. The van der Waals surface area contributed by atoms with Gasteiger partial charge in [0.2, 0.25) is 17.7 Å². The minimum absolute atomic E-state index is 0.0237. The lowest BCUT2D eigenvalue weighted by molar-refractivity contribution is -0.145. The lowest BCUT2D eigenvalue weighted by Crippen LogP contribution is -2.47. The van der Waals surface area contributed by atoms with Crippen LogP contribution in [0.2, 0.25) is 0 Å². The van der Waals surface area contributed by atoms with E-state index in [1.165, 1.54) is 30.4 Å². The van der Waals surface area contributed by atoms with Crippen molar-refractivity contribution in [2.24, 2.45) is 23.2 Å². The fourth-order valence-electron chi connectivity index (χ4n) is 8.02. The molecule has 3 fully saturated rings. The maximum absolute atomic E-state index is 14.3. The van der Waals surface area contributed by atoms with Crippen LogP contribution in [0.3, 0.4) is 0 Å². The van der Waals surface area contributed by atoms with Crippen molar-refractivity contribution in [3.05, 3.63) is 21.9 Å². The smallest absolute Gasteiger partial charge is 0.350 e. The van der Waals surface area contributed by atoms with Crippen LogP contribution >= 0.6 is 11.3 Å². The molecule has 0 radical (unpaired) electrons. The molecule has 3 amide bonds. The number of unbranched alkanes of at least 4 members (excludes halogenated alkanes) is 1. The Bertz CT molecular complexity index is 1250. The monoisotopic (exact) mass is 624 g/mol. The van der Waals surface area contributed by atoms with E-state index in [4.69, 9.17) is 4.74 Å². The van der Waals surface area contributed by atoms with Crippen molar-refractivity contribution < 1.29 is 23.9 Å². The summed E-state index contributed by atoms with van der Waals surface area (Å²) in [7, 11) is 1.41. The van der Waals surface area contributed by atoms with Crippen LogP contribution in [0.15, 0.2) is 12.1 Å². The molecule has 1 unspecified atom stereocenters. The van der Waals surface area contributed by atoms with E-state index in [0.29, 0.717) is 29.4 Å². The highest BCUT2D eigenvalue weighted by atomic mass is 32.1. The zero-order chi connectivity index (χ0) is 31.4. The number of imide groups is 1. The van der Waals surface area contributed by atoms with Crippen LogP contribution in [0.5, 0.6) is 0 Å². The first-order valence-corrected chi connectivity index (χ1v) is 18.1. The Balaban J connectivity index is 1.38. The fraction of sp³-hybridized carbons (Fsp3) is 0.722. The van der Waals surface area contributed by atoms with E-state index in [1.807, 2.05) is 11.8 Å². The molecule has 1 aromatic rings. The van der Waals surface area contributed by atoms with Crippen molar-refractivity contribution in [1.29, 1.82) is 0 Å². The number of amides is 3. The first-order valence-electron chi connectivity index (χ1n) is 17.2. The van der Waals surface area contributed by atoms with Gasteiger partial charge in [-0.2, -0.15) is 0 Å². The van der Waals surface area contributed by atoms with Crippen LogP contribution in [-0.2, 0) is 19.1 Å². The standard InChI is InChI=1S/C36H52N2O5S/c1-5-6-10-25(3)33(40)38(29-21-30(26-11-8-7-9-12-26)44-32(29)35(42)43-4)28-17-19-36(20-18-28)22-31(39)37(23-36)34(41)27-15-13-24(2)14-16-27/h11,21,24-25,27-28H,5-10,12-20,22-23H2,1-4H3. The minimum atomic E-state index is -0.397. The number of hydrogen-bond donors (Lipinski definition) is 0. The van der Waals surface area contributed by atoms with Crippen LogP contribution in [-0.4, -0.2) is 48.3 Å². The van der Waals surface area contributed by atoms with Gasteiger partial charge in [0.1, 0.15) is 4.88 Å². The Labute approximate surface area is 267 Å². The van der Waals surface area contributed by atoms with Gasteiger partial charge in [-0.25, -0.2) is 4.79 Å². The number of hydrogen-bond acceptors (Lipinski definition) is 6. The molecule has 1 atom stereocenters. The van der Waals surface area contributed by atoms with E-state index in [0.717, 1.165) is 94.8 Å². The Kier molecular flexibility index (Phi) is 10.7. The molecule has 1 spiro atoms. The summed E-state index contributed by atoms with van der Waals surface area (Å²) in [5.74, 6) is 0.154. The maximum atomic E-state index is 14.3. The zero-order valence-corrected chi connectivity index (χ0v) is 28.1. The highest BCUT2D eigenvalue weighted by Crippen LogP contribution is 2.48. The summed E-state index contributed by atoms with van der Waals surface area (Å²) in [4.78, 5) is 59.1. The highest BCUT2D eigenvalue weighted by molar-refractivity contribution is 7.15. The Morgan fingerprint density at radius 3 is 2.48 bits per heavy atom. The van der Waals surface area contributed by atoms with Crippen LogP contribution in [0, 0.1) is 23.2 Å². The van der Waals surface area contributed by atoms with Gasteiger partial charge in [0.05, 0.1) is 12.8 Å². The number of methoxy groups -OCH3 is 1. The predicted octanol–water partition coefficient (Wildman–Crippen LogP) is 8.17. The molecular formula is C36H52N2O5S. The topological polar surface area (TPSA) is 84.0 Å². The van der Waals surface area contributed by atoms with Crippen LogP contribution in [0.1, 0.15) is 138 Å². The molecule has 1 aliphatic heterocycles. The number of allylic oxidation sites excluding steroid dienone is 2. The van der Waals surface area contributed by atoms with Crippen molar-refractivity contribution >= 4 is 46.3 Å². The maximum Gasteiger partial charge on any atom is 0.350 e. The van der Waals surface area contributed by atoms with Gasteiger partial charge in [0.25, 0.3) is 0 Å². The average molecular weight is 625 g/mol. The molecule has 8 heteroatoms. The molecule has 5 rings (SSSR count). The molecule has 242 valence electrons. The number of anilines is 1. The number of carbonyl (C=O) groups is 4. The van der Waals surface area contributed by atoms with Crippen molar-refractivity contribution in [3.8, 4) is 0 Å². The van der Waals surface area contributed by atoms with Gasteiger partial charge < -0.3 is 9.64 Å². The fourth-order valence-corrected chi connectivity index (χ4v) is 9.15. The summed E-state index contributed by atoms with van der Waals surface area (Å²) in [5, 5.41) is 0. The molecule has 0 aromatic carbocycles. The van der Waals surface area contributed by atoms with E-state index >= 15 is 0 Å². The summed E-state index contributed by atoms with van der Waals surface area (Å²) >= 11 is 1.45. The molecular weight excluding hydrogens is 572 g/mol. The number of thiophene rings is 1. The first-order chi connectivity index (χ1) is 21.2. The minimum Gasteiger partial charge on any atom is -0.465 e. The second-order valence-corrected chi connectivity index (χ2v) is 15.3. The van der Waals surface area contributed by atoms with Gasteiger partial charge in [-0.3, -0.25) is 19.3 Å². The SMILES string of the molecule is CCCCC(C)C(=O)N(c1cc(C2=CCCCC2)sc1C(=O)OC)C1CCC2(CC1)CC(=O)N(C(=O)C1CCC(C)CC1)C2. The summed E-state index contributed by atoms with van der Waals surface area (Å²) in [6, 6.07) is 2.00. The van der Waals surface area contributed by atoms with Crippen LogP contribution in [0.4, 0.5) is 5.69 Å². The zero-order valence-electron chi connectivity index (χ0n) is 27.3. The van der Waals surface area contributed by atoms with Gasteiger partial charge in [0, 0.05) is 35.7 Å². The normalized spacial score (nSPS) is 28.1. The first kappa shape index (κ1) is 32.9. The number of rotatable bonds is 9. The third-order valence-electron chi connectivity index (χ3n) is 10.9. The largest absolute Gasteiger partial charge is 0.465 e. The van der Waals surface area contributed by atoms with E-state index in [9.17, 15) is 19.2 Å². The van der Waals surface area contributed by atoms with Crippen molar-refractivity contribution in [3.63, 3.8) is 0 Å². The number of esters is 1. The second-order valence-electron chi connectivity index (χ2n) is 14.2. The third kappa shape index (κ3) is 7.00. The second kappa shape index (κ2) is 14.3. The lowest BCUT2D eigenvalue weighted by Gasteiger charge is -2.42. The Morgan fingerprint density at radius 2 is 1.84 bits per heavy atom. The quantitative estimate of drug-likeness (QED) is 0.204. The van der Waals surface area contributed by atoms with E-state index < -0.39 is 5.97 Å². The molecule has 1 aromatic heterocycles. The molecule has 0 bridgehead atoms. The lowest BCUT2D eigenvalue weighted by atomic mass is 9.71. The van der Waals surface area contributed by atoms with E-state index in [2.05, 4.69) is 26.0 Å². The van der Waals surface area contributed by atoms with Gasteiger partial charge in [-0.05, 0) is 106 Å². The van der Waals surface area contributed by atoms with Gasteiger partial charge >= 0.3 is 5.97 Å². The molecule has 2 heterocycles. The van der Waals surface area contributed by atoms with E-state index in [1.54, 1.807) is 4.90 Å². The predicted molar refractivity (Wildman–Crippen MR) is 175 cm³/mol. The van der Waals surface area contributed by atoms with Gasteiger partial charge in [-0.15, -0.1) is 11.3 Å². The Morgan fingerprint density at radius 1 is 1.11 bits per heavy atom. The molecule has 44 heavy (non-hydrogen) atoms. The number of likely N-dealkylation sites (tertiary alicyclic amines) is 1. The summed E-state index contributed by atoms with van der Waals surface area (Å²) < 4.78 is 5.24. The van der Waals surface area contributed by atoms with E-state index in [-0.39, 0.29) is 41.0 Å². The van der Waals surface area contributed by atoms with Crippen LogP contribution < -0.4 is 4.90 Å². The van der Waals surface area contributed by atoms with Crippen molar-refractivity contribution in [2.45, 2.75) is 130 Å².